The minimum absolute atomic E-state index is 0.0652. The molecule has 0 bridgehead atoms. The van der Waals surface area contributed by atoms with Gasteiger partial charge >= 0.3 is 0 Å². The van der Waals surface area contributed by atoms with Gasteiger partial charge in [-0.25, -0.2) is 0 Å². The van der Waals surface area contributed by atoms with Crippen molar-refractivity contribution < 1.29 is 14.4 Å². The van der Waals surface area contributed by atoms with Gasteiger partial charge in [0.2, 0.25) is 11.8 Å². The van der Waals surface area contributed by atoms with E-state index in [9.17, 15) is 9.90 Å². The number of primary amides is 1. The molecule has 0 atom stereocenters. The molecule has 7 heteroatoms. The molecule has 0 aliphatic rings. The Morgan fingerprint density at radius 1 is 1.37 bits per heavy atom. The van der Waals surface area contributed by atoms with Crippen molar-refractivity contribution in [3.63, 3.8) is 0 Å². The zero-order valence-electron chi connectivity index (χ0n) is 10.2. The molecule has 1 heterocycles. The number of hydrogen-bond donors (Lipinski definition) is 3. The maximum absolute atomic E-state index is 10.5. The van der Waals surface area contributed by atoms with Crippen LogP contribution in [0.4, 0.5) is 0 Å². The van der Waals surface area contributed by atoms with E-state index in [1.807, 2.05) is 0 Å². The van der Waals surface area contributed by atoms with E-state index in [1.165, 1.54) is 0 Å². The molecular formula is C12H14N4O3. The molecule has 0 fully saturated rings. The quantitative estimate of drug-likeness (QED) is 0.672. The number of phenolic OH excluding ortho intramolecular Hbond substituents is 1. The van der Waals surface area contributed by atoms with E-state index in [0.717, 1.165) is 5.56 Å². The summed E-state index contributed by atoms with van der Waals surface area (Å²) in [5, 5.41) is 15.8. The van der Waals surface area contributed by atoms with Gasteiger partial charge in [-0.05, 0) is 17.7 Å². The summed E-state index contributed by atoms with van der Waals surface area (Å²) >= 11 is 0. The van der Waals surface area contributed by atoms with Crippen molar-refractivity contribution in [2.75, 3.05) is 6.54 Å². The molecule has 1 amide bonds. The van der Waals surface area contributed by atoms with Crippen molar-refractivity contribution in [2.24, 2.45) is 5.73 Å². The second-order valence-corrected chi connectivity index (χ2v) is 4.02. The second kappa shape index (κ2) is 5.96. The first-order valence-electron chi connectivity index (χ1n) is 5.72. The molecule has 0 saturated carbocycles. The first kappa shape index (κ1) is 13.0. The molecule has 100 valence electrons. The SMILES string of the molecule is NC(=O)CNCc1nc(Cc2ccc(O)cc2)no1. The zero-order chi connectivity index (χ0) is 13.7. The lowest BCUT2D eigenvalue weighted by Gasteiger charge is -1.97. The summed E-state index contributed by atoms with van der Waals surface area (Å²) < 4.78 is 5.02. The first-order chi connectivity index (χ1) is 9.13. The number of benzene rings is 1. The largest absolute Gasteiger partial charge is 0.508 e. The molecule has 1 aromatic heterocycles. The maximum Gasteiger partial charge on any atom is 0.240 e. The van der Waals surface area contributed by atoms with E-state index in [-0.39, 0.29) is 12.3 Å². The molecule has 7 nitrogen and oxygen atoms in total. The Bertz CT molecular complexity index is 550. The summed E-state index contributed by atoms with van der Waals surface area (Å²) in [4.78, 5) is 14.7. The van der Waals surface area contributed by atoms with Crippen LogP contribution in [0.1, 0.15) is 17.3 Å². The number of phenols is 1. The highest BCUT2D eigenvalue weighted by atomic mass is 16.5. The van der Waals surface area contributed by atoms with Crippen LogP contribution in [0.2, 0.25) is 0 Å². The second-order valence-electron chi connectivity index (χ2n) is 4.02. The fourth-order valence-corrected chi connectivity index (χ4v) is 1.52. The van der Waals surface area contributed by atoms with E-state index in [4.69, 9.17) is 10.3 Å². The van der Waals surface area contributed by atoms with Gasteiger partial charge in [0.05, 0.1) is 13.1 Å². The smallest absolute Gasteiger partial charge is 0.240 e. The topological polar surface area (TPSA) is 114 Å². The average Bonchev–Trinajstić information content (AvgIpc) is 2.79. The maximum atomic E-state index is 10.5. The van der Waals surface area contributed by atoms with Gasteiger partial charge in [-0.2, -0.15) is 4.98 Å². The summed E-state index contributed by atoms with van der Waals surface area (Å²) in [7, 11) is 0. The summed E-state index contributed by atoms with van der Waals surface area (Å²) in [5.74, 6) is 0.716. The molecule has 19 heavy (non-hydrogen) atoms. The monoisotopic (exact) mass is 262 g/mol. The minimum Gasteiger partial charge on any atom is -0.508 e. The van der Waals surface area contributed by atoms with E-state index < -0.39 is 5.91 Å². The third kappa shape index (κ3) is 4.07. The van der Waals surface area contributed by atoms with E-state index >= 15 is 0 Å². The number of carbonyl (C=O) groups is 1. The number of carbonyl (C=O) groups excluding carboxylic acids is 1. The minimum atomic E-state index is -0.441. The average molecular weight is 262 g/mol. The Hall–Kier alpha value is -2.41. The van der Waals surface area contributed by atoms with E-state index in [2.05, 4.69) is 15.5 Å². The molecule has 0 aliphatic heterocycles. The number of amides is 1. The molecule has 0 saturated heterocycles. The lowest BCUT2D eigenvalue weighted by Crippen LogP contribution is -2.28. The summed E-state index contributed by atoms with van der Waals surface area (Å²) in [6.07, 6.45) is 0.513. The fraction of sp³-hybridized carbons (Fsp3) is 0.250. The summed E-state index contributed by atoms with van der Waals surface area (Å²) in [6, 6.07) is 6.78. The van der Waals surface area contributed by atoms with Crippen LogP contribution in [-0.2, 0) is 17.8 Å². The summed E-state index contributed by atoms with van der Waals surface area (Å²) in [6.45, 7) is 0.362. The van der Waals surface area contributed by atoms with Crippen molar-refractivity contribution >= 4 is 5.91 Å². The Labute approximate surface area is 109 Å². The predicted molar refractivity (Wildman–Crippen MR) is 66.1 cm³/mol. The van der Waals surface area contributed by atoms with Gasteiger partial charge in [0.25, 0.3) is 0 Å². The molecule has 0 spiro atoms. The first-order valence-corrected chi connectivity index (χ1v) is 5.72. The van der Waals surface area contributed by atoms with Gasteiger partial charge in [-0.15, -0.1) is 0 Å². The van der Waals surface area contributed by atoms with Crippen LogP contribution < -0.4 is 11.1 Å². The molecule has 4 N–H and O–H groups in total. The lowest BCUT2D eigenvalue weighted by molar-refractivity contribution is -0.117. The number of nitrogens with two attached hydrogens (primary N) is 1. The van der Waals surface area contributed by atoms with E-state index in [0.29, 0.717) is 24.7 Å². The van der Waals surface area contributed by atoms with Crippen molar-refractivity contribution in [1.29, 1.82) is 0 Å². The van der Waals surface area contributed by atoms with Crippen LogP contribution in [-0.4, -0.2) is 27.7 Å². The van der Waals surface area contributed by atoms with Crippen molar-refractivity contribution in [2.45, 2.75) is 13.0 Å². The Kier molecular flexibility index (Phi) is 4.09. The van der Waals surface area contributed by atoms with Crippen molar-refractivity contribution in [3.05, 3.63) is 41.5 Å². The number of aromatic hydroxyl groups is 1. The molecule has 1 aromatic carbocycles. The van der Waals surface area contributed by atoms with Crippen LogP contribution in [0.15, 0.2) is 28.8 Å². The van der Waals surface area contributed by atoms with Gasteiger partial charge in [-0.1, -0.05) is 17.3 Å². The molecule has 0 unspecified atom stereocenters. The fourth-order valence-electron chi connectivity index (χ4n) is 1.52. The molecule has 2 aromatic rings. The number of nitrogens with zero attached hydrogens (tertiary/aromatic N) is 2. The number of rotatable bonds is 6. The molecule has 0 radical (unpaired) electrons. The Balaban J connectivity index is 1.90. The number of hydrogen-bond acceptors (Lipinski definition) is 6. The van der Waals surface area contributed by atoms with Gasteiger partial charge in [0, 0.05) is 6.42 Å². The van der Waals surface area contributed by atoms with Gasteiger partial charge < -0.3 is 15.4 Å². The zero-order valence-corrected chi connectivity index (χ0v) is 10.2. The van der Waals surface area contributed by atoms with Crippen LogP contribution in [0.3, 0.4) is 0 Å². The van der Waals surface area contributed by atoms with Crippen molar-refractivity contribution in [1.82, 2.24) is 15.5 Å². The third-order valence-electron chi connectivity index (χ3n) is 2.38. The van der Waals surface area contributed by atoms with Gasteiger partial charge in [-0.3, -0.25) is 10.1 Å². The standard InChI is InChI=1S/C12H14N4O3/c13-10(18)6-14-7-12-15-11(16-19-12)5-8-1-3-9(17)4-2-8/h1-4,14,17H,5-7H2,(H2,13,18). The Morgan fingerprint density at radius 3 is 2.79 bits per heavy atom. The Morgan fingerprint density at radius 2 is 2.11 bits per heavy atom. The molecule has 0 aliphatic carbocycles. The number of nitrogens with one attached hydrogen (secondary N) is 1. The van der Waals surface area contributed by atoms with Crippen LogP contribution in [0.25, 0.3) is 0 Å². The highest BCUT2D eigenvalue weighted by molar-refractivity contribution is 5.75. The highest BCUT2D eigenvalue weighted by Crippen LogP contribution is 2.12. The number of aromatic nitrogens is 2. The molecular weight excluding hydrogens is 248 g/mol. The van der Waals surface area contributed by atoms with Crippen molar-refractivity contribution in [3.8, 4) is 5.75 Å². The van der Waals surface area contributed by atoms with Gasteiger partial charge in [0.1, 0.15) is 5.75 Å². The predicted octanol–water partition coefficient (Wildman–Crippen LogP) is -0.0591. The van der Waals surface area contributed by atoms with Crippen LogP contribution >= 0.6 is 0 Å². The normalized spacial score (nSPS) is 10.5. The lowest BCUT2D eigenvalue weighted by atomic mass is 10.1. The van der Waals surface area contributed by atoms with Crippen LogP contribution in [0.5, 0.6) is 5.75 Å². The van der Waals surface area contributed by atoms with E-state index in [1.54, 1.807) is 24.3 Å². The van der Waals surface area contributed by atoms with Crippen LogP contribution in [0, 0.1) is 0 Å². The highest BCUT2D eigenvalue weighted by Gasteiger charge is 2.07. The van der Waals surface area contributed by atoms with Gasteiger partial charge in [0.15, 0.2) is 5.82 Å². The summed E-state index contributed by atoms with van der Waals surface area (Å²) in [5.41, 5.74) is 5.96. The molecule has 2 rings (SSSR count). The third-order valence-corrected chi connectivity index (χ3v) is 2.38.